The maximum Gasteiger partial charge on any atom is 0.323 e. The third-order valence-corrected chi connectivity index (χ3v) is 11.1. The largest absolute Gasteiger partial charge is 0.480 e. The number of aromatic nitrogens is 3. The Balaban J connectivity index is 1.58. The van der Waals surface area contributed by atoms with Crippen LogP contribution >= 0.6 is 0 Å². The first-order valence-corrected chi connectivity index (χ1v) is 19.6. The summed E-state index contributed by atoms with van der Waals surface area (Å²) in [4.78, 5) is 55.7. The molecule has 0 spiro atoms. The second kappa shape index (κ2) is 16.4. The van der Waals surface area contributed by atoms with Crippen LogP contribution in [-0.2, 0) is 32.6 Å². The maximum atomic E-state index is 13.7. The Morgan fingerprint density at radius 1 is 1.06 bits per heavy atom. The molecule has 0 aliphatic carbocycles. The number of fused-ring (bicyclic) bond motifs is 1. The summed E-state index contributed by atoms with van der Waals surface area (Å²) in [6.45, 7) is 10.7. The number of carboxylic acids is 1. The third-order valence-electron chi connectivity index (χ3n) is 7.69. The predicted molar refractivity (Wildman–Crippen MR) is 192 cm³/mol. The Kier molecular flexibility index (Phi) is 12.7. The van der Waals surface area contributed by atoms with Crippen LogP contribution in [0.5, 0.6) is 0 Å². The van der Waals surface area contributed by atoms with Crippen molar-refractivity contribution < 1.29 is 32.6 Å². The topological polar surface area (TPSA) is 203 Å². The van der Waals surface area contributed by atoms with Crippen LogP contribution in [0.1, 0.15) is 59.8 Å². The van der Waals surface area contributed by atoms with Gasteiger partial charge >= 0.3 is 178 Å². The van der Waals surface area contributed by atoms with Crippen molar-refractivity contribution in [1.29, 1.82) is 0 Å². The number of nitrogens with one attached hydrogen (secondary N) is 4. The molecule has 4 rings (SSSR count). The number of hydrogen-bond donors (Lipinski definition) is 5. The van der Waals surface area contributed by atoms with Crippen molar-refractivity contribution in [2.24, 2.45) is 0 Å². The van der Waals surface area contributed by atoms with Crippen molar-refractivity contribution in [3.8, 4) is 0 Å². The second-order valence-electron chi connectivity index (χ2n) is 13.2. The first-order valence-electron chi connectivity index (χ1n) is 16.1. The van der Waals surface area contributed by atoms with Gasteiger partial charge in [-0.1, -0.05) is 17.7 Å². The van der Waals surface area contributed by atoms with E-state index in [1.807, 2.05) is 21.6 Å². The summed E-state index contributed by atoms with van der Waals surface area (Å²) in [7, 11) is -4.29. The fourth-order valence-electron chi connectivity index (χ4n) is 5.58. The Morgan fingerprint density at radius 2 is 1.75 bits per heavy atom. The number of hydrogen-bond acceptors (Lipinski definition) is 9. The molecule has 2 amide bonds. The van der Waals surface area contributed by atoms with E-state index in [4.69, 9.17) is 4.74 Å². The maximum absolute atomic E-state index is 13.7. The van der Waals surface area contributed by atoms with Gasteiger partial charge in [0.1, 0.15) is 11.6 Å². The Bertz CT molecular complexity index is 2100. The minimum atomic E-state index is -4.29. The van der Waals surface area contributed by atoms with E-state index in [9.17, 15) is 32.7 Å². The van der Waals surface area contributed by atoms with Gasteiger partial charge in [0.15, 0.2) is 0 Å². The molecular weight excluding hydrogens is 871 g/mol. The molecule has 5 N–H and O–H groups in total. The zero-order valence-corrected chi connectivity index (χ0v) is 34.7. The standard InChI is InChI=1S/C34H43N7O8S.Tl/c1-20-14-21(2)29(22(3)15-20)50(47,48)40-26(31(44)45)18-38-30(43)25-19-41(13-7-10-37-33(46)49-34(4,5)6)27-16-23(8-9-24(27)28(25)42)17-39-32-35-11-12-36-32;/h8-9,11-12,14-16,19,26,40H,7,10,13,17-18H2,1-6H3,(H5,35,36,37,38,39,43,44,45,46);/q;+1/p-1/t26-;/m0./s1. The number of nitrogens with zero attached hydrogens (tertiary/aromatic N) is 3. The summed E-state index contributed by atoms with van der Waals surface area (Å²) in [5.41, 5.74) is 1.64. The number of carbonyl (C=O) groups is 3. The van der Waals surface area contributed by atoms with E-state index in [1.165, 1.54) is 6.20 Å². The quantitative estimate of drug-likeness (QED) is 0.0926. The number of pyridine rings is 1. The van der Waals surface area contributed by atoms with Gasteiger partial charge in [-0.05, 0) is 52.7 Å². The zero-order chi connectivity index (χ0) is 37.7. The number of rotatable bonds is 14. The summed E-state index contributed by atoms with van der Waals surface area (Å²) in [6.07, 6.45) is 4.81. The molecule has 17 heteroatoms. The first-order chi connectivity index (χ1) is 23.9. The molecular formula is C34H42N7O8STl. The van der Waals surface area contributed by atoms with Gasteiger partial charge in [0.05, 0.1) is 4.90 Å². The average Bonchev–Trinajstić information content (AvgIpc) is 3.43. The van der Waals surface area contributed by atoms with Crippen molar-refractivity contribution in [3.05, 3.63) is 87.0 Å². The molecule has 1 atom stereocenters. The van der Waals surface area contributed by atoms with Crippen LogP contribution in [0.15, 0.2) is 58.6 Å². The Labute approximate surface area is 312 Å². The van der Waals surface area contributed by atoms with Crippen LogP contribution in [0.4, 0.5) is 10.7 Å². The number of aliphatic carboxylic acids is 1. The number of carboxylic acid groups (broad SMARTS) is 1. The van der Waals surface area contributed by atoms with Crippen LogP contribution < -0.4 is 26.1 Å². The molecule has 0 aliphatic heterocycles. The van der Waals surface area contributed by atoms with Crippen LogP contribution in [0.3, 0.4) is 0 Å². The van der Waals surface area contributed by atoms with Crippen molar-refractivity contribution in [3.63, 3.8) is 0 Å². The van der Waals surface area contributed by atoms with Crippen LogP contribution in [-0.4, -0.2) is 94.2 Å². The minimum Gasteiger partial charge on any atom is -0.480 e. The molecule has 0 saturated carbocycles. The smallest absolute Gasteiger partial charge is 0.323 e. The molecule has 270 valence electrons. The molecule has 4 aromatic rings. The van der Waals surface area contributed by atoms with Gasteiger partial charge in [0.2, 0.25) is 10.0 Å². The van der Waals surface area contributed by atoms with Gasteiger partial charge in [-0.25, -0.2) is 13.2 Å². The number of aryl methyl sites for hydroxylation is 4. The van der Waals surface area contributed by atoms with Crippen molar-refractivity contribution in [2.75, 3.05) is 18.4 Å². The van der Waals surface area contributed by atoms with E-state index in [-0.39, 0.29) is 22.4 Å². The number of carbonyl (C=O) groups excluding carboxylic acids is 2. The van der Waals surface area contributed by atoms with Crippen LogP contribution in [0.25, 0.3) is 10.9 Å². The van der Waals surface area contributed by atoms with Gasteiger partial charge in [0, 0.05) is 6.54 Å². The van der Waals surface area contributed by atoms with Gasteiger partial charge in [0.25, 0.3) is 0 Å². The molecule has 2 heterocycles. The fourth-order valence-corrected chi connectivity index (χ4v) is 8.14. The summed E-state index contributed by atoms with van der Waals surface area (Å²) in [5.74, 6) is -1.66. The summed E-state index contributed by atoms with van der Waals surface area (Å²) < 4.78 is 37.7. The summed E-state index contributed by atoms with van der Waals surface area (Å²) in [6, 6.07) is 6.85. The average molecular weight is 913 g/mol. The zero-order valence-electron chi connectivity index (χ0n) is 29.4. The van der Waals surface area contributed by atoms with Gasteiger partial charge in [-0.3, -0.25) is 4.79 Å². The van der Waals surface area contributed by atoms with Crippen molar-refractivity contribution in [2.45, 2.75) is 77.6 Å². The van der Waals surface area contributed by atoms with Gasteiger partial charge < -0.3 is 9.84 Å². The number of ether oxygens (including phenoxy) is 1. The molecule has 0 unspecified atom stereocenters. The number of anilines is 1. The van der Waals surface area contributed by atoms with E-state index in [0.29, 0.717) is 62.2 Å². The number of benzene rings is 2. The second-order valence-corrected chi connectivity index (χ2v) is 17.0. The molecule has 0 fully saturated rings. The first kappa shape index (κ1) is 39.5. The monoisotopic (exact) mass is 913 g/mol. The Hall–Kier alpha value is -4.30. The third kappa shape index (κ3) is 10.4. The predicted octanol–water partition coefficient (Wildman–Crippen LogP) is 2.74. The van der Waals surface area contributed by atoms with Crippen LogP contribution in [0.2, 0.25) is 0 Å². The molecule has 0 bridgehead atoms. The summed E-state index contributed by atoms with van der Waals surface area (Å²) in [5, 5.41) is 18.5. The van der Waals surface area contributed by atoms with E-state index >= 15 is 0 Å². The van der Waals surface area contributed by atoms with E-state index in [2.05, 4.69) is 25.7 Å². The normalized spacial score (nSPS) is 12.3. The van der Waals surface area contributed by atoms with E-state index in [0.717, 1.165) is 17.1 Å². The Morgan fingerprint density at radius 3 is 2.35 bits per heavy atom. The van der Waals surface area contributed by atoms with Gasteiger partial charge in [-0.15, -0.1) is 0 Å². The SMILES string of the molecule is Cc1cc(C)c(S(=O)(=O)N[C@@H](CNC(=O)c2cn(CCCNC(=O)OC(C)(C)C)c3cc(CNc4ncc[n]4[Tl])ccc3c2=O)C(=O)O)c(C)c1. The summed E-state index contributed by atoms with van der Waals surface area (Å²) >= 11 is 0.521. The molecule has 2 aromatic carbocycles. The number of sulfonamides is 1. The number of imidazole rings is 1. The molecule has 51 heavy (non-hydrogen) atoms. The van der Waals surface area contributed by atoms with Crippen molar-refractivity contribution >= 4 is 70.9 Å². The number of alkyl carbamates (subject to hydrolysis) is 1. The molecule has 0 aliphatic rings. The minimum absolute atomic E-state index is 0.0408. The molecule has 15 nitrogen and oxygen atoms in total. The van der Waals surface area contributed by atoms with Gasteiger partial charge in [-0.2, -0.15) is 4.72 Å². The molecule has 0 radical (unpaired) electrons. The van der Waals surface area contributed by atoms with Crippen molar-refractivity contribution in [1.82, 2.24) is 27.3 Å². The molecule has 2 aromatic heterocycles. The fraction of sp³-hybridized carbons (Fsp3) is 0.382. The van der Waals surface area contributed by atoms with Crippen LogP contribution in [0, 0.1) is 20.8 Å². The molecule has 0 saturated heterocycles. The van der Waals surface area contributed by atoms with E-state index < -0.39 is 51.6 Å². The number of amides is 2. The van der Waals surface area contributed by atoms with E-state index in [1.54, 1.807) is 69.6 Å².